The Morgan fingerprint density at radius 3 is 2.59 bits per heavy atom. The first-order chi connectivity index (χ1) is 14.2. The number of nitrogens with one attached hydrogen (secondary N) is 1. The zero-order valence-electron chi connectivity index (χ0n) is 17.8. The predicted octanol–water partition coefficient (Wildman–Crippen LogP) is 3.57. The minimum atomic E-state index is 0.834. The van der Waals surface area contributed by atoms with Gasteiger partial charge in [0.05, 0.1) is 17.6 Å². The number of nitrogens with zero attached hydrogens (tertiary/aromatic N) is 4. The molecule has 0 unspecified atom stereocenters. The molecule has 0 atom stereocenters. The molecule has 1 N–H and O–H groups in total. The Kier molecular flexibility index (Phi) is 6.47. The van der Waals surface area contributed by atoms with Crippen molar-refractivity contribution in [3.63, 3.8) is 0 Å². The number of unbranched alkanes of at least 4 members (excludes halogenated alkanes) is 1. The molecule has 0 amide bonds. The van der Waals surface area contributed by atoms with Gasteiger partial charge >= 0.3 is 0 Å². The number of piperazine rings is 1. The van der Waals surface area contributed by atoms with Crippen molar-refractivity contribution in [1.82, 2.24) is 19.8 Å². The smallest absolute Gasteiger partial charge is 0.123 e. The van der Waals surface area contributed by atoms with Gasteiger partial charge in [-0.1, -0.05) is 24.3 Å². The first-order valence-corrected chi connectivity index (χ1v) is 10.9. The number of aromatic nitrogens is 2. The molecule has 1 saturated heterocycles. The third kappa shape index (κ3) is 4.98. The number of aryl methyl sites for hydroxylation is 2. The Labute approximate surface area is 174 Å². The number of benzene rings is 2. The van der Waals surface area contributed by atoms with Crippen LogP contribution in [0, 0.1) is 6.92 Å². The van der Waals surface area contributed by atoms with E-state index in [4.69, 9.17) is 4.98 Å². The van der Waals surface area contributed by atoms with Gasteiger partial charge in [0.25, 0.3) is 0 Å². The monoisotopic (exact) mass is 391 g/mol. The lowest BCUT2D eigenvalue weighted by Crippen LogP contribution is -2.46. The van der Waals surface area contributed by atoms with Gasteiger partial charge in [-0.15, -0.1) is 0 Å². The van der Waals surface area contributed by atoms with Crippen molar-refractivity contribution < 1.29 is 0 Å². The molecule has 1 fully saturated rings. The number of fused-ring (bicyclic) bond motifs is 1. The van der Waals surface area contributed by atoms with Crippen LogP contribution >= 0.6 is 0 Å². The van der Waals surface area contributed by atoms with E-state index in [0.29, 0.717) is 0 Å². The van der Waals surface area contributed by atoms with Crippen LogP contribution in [0.5, 0.6) is 0 Å². The summed E-state index contributed by atoms with van der Waals surface area (Å²) in [4.78, 5) is 9.85. The largest absolute Gasteiger partial charge is 0.369 e. The summed E-state index contributed by atoms with van der Waals surface area (Å²) < 4.78 is 2.19. The van der Waals surface area contributed by atoms with Gasteiger partial charge in [-0.3, -0.25) is 4.90 Å². The highest BCUT2D eigenvalue weighted by Gasteiger charge is 2.16. The molecule has 1 aromatic heterocycles. The summed E-state index contributed by atoms with van der Waals surface area (Å²) in [7, 11) is 2.10. The molecule has 2 aromatic carbocycles. The average Bonchev–Trinajstić information content (AvgIpc) is 3.07. The van der Waals surface area contributed by atoms with Crippen molar-refractivity contribution in [3.05, 3.63) is 59.9 Å². The maximum atomic E-state index is 4.73. The van der Waals surface area contributed by atoms with Crippen molar-refractivity contribution in [3.8, 4) is 0 Å². The molecular weight excluding hydrogens is 358 g/mol. The number of para-hydroxylation sites is 2. The average molecular weight is 392 g/mol. The Bertz CT molecular complexity index is 924. The molecule has 0 aliphatic carbocycles. The molecule has 2 heterocycles. The molecule has 5 nitrogen and oxygen atoms in total. The number of hydrogen-bond acceptors (Lipinski definition) is 4. The summed E-state index contributed by atoms with van der Waals surface area (Å²) in [6.07, 6.45) is 2.46. The van der Waals surface area contributed by atoms with E-state index in [9.17, 15) is 0 Å². The van der Waals surface area contributed by atoms with Crippen LogP contribution in [0.15, 0.2) is 48.5 Å². The minimum absolute atomic E-state index is 0.834. The van der Waals surface area contributed by atoms with Crippen LogP contribution in [-0.2, 0) is 13.6 Å². The van der Waals surface area contributed by atoms with Crippen molar-refractivity contribution in [2.45, 2.75) is 26.3 Å². The molecular formula is C24H33N5. The van der Waals surface area contributed by atoms with Gasteiger partial charge in [-0.2, -0.15) is 0 Å². The standard InChI is InChI=1S/C24H33N5/c1-20-8-7-9-21(18-20)29-16-14-28(15-17-29)13-6-5-12-25-19-24-26-22-10-3-4-11-23(22)27(24)2/h3-4,7-11,18,25H,5-6,12-17,19H2,1-2H3. The Morgan fingerprint density at radius 1 is 0.966 bits per heavy atom. The fourth-order valence-electron chi connectivity index (χ4n) is 4.19. The third-order valence-corrected chi connectivity index (χ3v) is 5.98. The first-order valence-electron chi connectivity index (χ1n) is 10.9. The number of anilines is 1. The van der Waals surface area contributed by atoms with E-state index in [1.807, 2.05) is 6.07 Å². The molecule has 29 heavy (non-hydrogen) atoms. The zero-order chi connectivity index (χ0) is 20.1. The SMILES string of the molecule is Cc1cccc(N2CCN(CCCCNCc3nc4ccccc4n3C)CC2)c1. The first kappa shape index (κ1) is 19.9. The Balaban J connectivity index is 1.12. The molecule has 1 aliphatic rings. The third-order valence-electron chi connectivity index (χ3n) is 5.98. The Morgan fingerprint density at radius 2 is 1.79 bits per heavy atom. The van der Waals surface area contributed by atoms with Gasteiger partial charge in [-0.05, 0) is 62.7 Å². The van der Waals surface area contributed by atoms with Gasteiger partial charge in [0.15, 0.2) is 0 Å². The summed E-state index contributed by atoms with van der Waals surface area (Å²) in [6.45, 7) is 9.86. The highest BCUT2D eigenvalue weighted by atomic mass is 15.3. The predicted molar refractivity (Wildman–Crippen MR) is 121 cm³/mol. The van der Waals surface area contributed by atoms with Gasteiger partial charge in [0.2, 0.25) is 0 Å². The maximum Gasteiger partial charge on any atom is 0.123 e. The molecule has 1 aliphatic heterocycles. The summed E-state index contributed by atoms with van der Waals surface area (Å²) in [6, 6.07) is 17.2. The van der Waals surface area contributed by atoms with Crippen molar-refractivity contribution in [1.29, 1.82) is 0 Å². The minimum Gasteiger partial charge on any atom is -0.369 e. The van der Waals surface area contributed by atoms with E-state index in [0.717, 1.165) is 37.5 Å². The molecule has 0 bridgehead atoms. The van der Waals surface area contributed by atoms with E-state index in [2.05, 4.69) is 76.1 Å². The molecule has 3 aromatic rings. The number of hydrogen-bond donors (Lipinski definition) is 1. The maximum absolute atomic E-state index is 4.73. The van der Waals surface area contributed by atoms with E-state index >= 15 is 0 Å². The van der Waals surface area contributed by atoms with Crippen LogP contribution in [0.2, 0.25) is 0 Å². The summed E-state index contributed by atoms with van der Waals surface area (Å²) in [5.41, 5.74) is 5.00. The van der Waals surface area contributed by atoms with Gasteiger partial charge in [0.1, 0.15) is 5.82 Å². The summed E-state index contributed by atoms with van der Waals surface area (Å²) >= 11 is 0. The normalized spacial score (nSPS) is 15.3. The summed E-state index contributed by atoms with van der Waals surface area (Å²) in [5, 5.41) is 3.56. The fraction of sp³-hybridized carbons (Fsp3) is 0.458. The molecule has 0 radical (unpaired) electrons. The molecule has 0 saturated carbocycles. The van der Waals surface area contributed by atoms with Gasteiger partial charge in [-0.25, -0.2) is 4.98 Å². The van der Waals surface area contributed by atoms with Crippen LogP contribution < -0.4 is 10.2 Å². The number of imidazole rings is 1. The Hall–Kier alpha value is -2.37. The van der Waals surface area contributed by atoms with E-state index in [1.165, 1.54) is 49.2 Å². The quantitative estimate of drug-likeness (QED) is 0.596. The van der Waals surface area contributed by atoms with E-state index < -0.39 is 0 Å². The van der Waals surface area contributed by atoms with Crippen molar-refractivity contribution >= 4 is 16.7 Å². The van der Waals surface area contributed by atoms with Crippen LogP contribution in [-0.4, -0.2) is 53.7 Å². The highest BCUT2D eigenvalue weighted by molar-refractivity contribution is 5.75. The van der Waals surface area contributed by atoms with Crippen molar-refractivity contribution in [2.24, 2.45) is 7.05 Å². The lowest BCUT2D eigenvalue weighted by Gasteiger charge is -2.36. The van der Waals surface area contributed by atoms with E-state index in [1.54, 1.807) is 0 Å². The van der Waals surface area contributed by atoms with Crippen LogP contribution in [0.3, 0.4) is 0 Å². The lowest BCUT2D eigenvalue weighted by molar-refractivity contribution is 0.252. The zero-order valence-corrected chi connectivity index (χ0v) is 17.8. The second-order valence-electron chi connectivity index (χ2n) is 8.13. The van der Waals surface area contributed by atoms with Crippen molar-refractivity contribution in [2.75, 3.05) is 44.2 Å². The second kappa shape index (κ2) is 9.42. The van der Waals surface area contributed by atoms with E-state index in [-0.39, 0.29) is 0 Å². The van der Waals surface area contributed by atoms with Crippen LogP contribution in [0.4, 0.5) is 5.69 Å². The molecule has 5 heteroatoms. The molecule has 154 valence electrons. The fourth-order valence-corrected chi connectivity index (χ4v) is 4.19. The molecule has 0 spiro atoms. The summed E-state index contributed by atoms with van der Waals surface area (Å²) in [5.74, 6) is 1.11. The lowest BCUT2D eigenvalue weighted by atomic mass is 10.2. The van der Waals surface area contributed by atoms with Crippen LogP contribution in [0.25, 0.3) is 11.0 Å². The topological polar surface area (TPSA) is 36.3 Å². The van der Waals surface area contributed by atoms with Crippen LogP contribution in [0.1, 0.15) is 24.2 Å². The second-order valence-corrected chi connectivity index (χ2v) is 8.13. The highest BCUT2D eigenvalue weighted by Crippen LogP contribution is 2.18. The van der Waals surface area contributed by atoms with Gasteiger partial charge < -0.3 is 14.8 Å². The number of rotatable bonds is 8. The molecule has 4 rings (SSSR count). The van der Waals surface area contributed by atoms with Gasteiger partial charge in [0, 0.05) is 38.9 Å².